The van der Waals surface area contributed by atoms with E-state index in [0.29, 0.717) is 18.7 Å². The summed E-state index contributed by atoms with van der Waals surface area (Å²) in [7, 11) is 0. The fourth-order valence-electron chi connectivity index (χ4n) is 3.27. The van der Waals surface area contributed by atoms with Crippen LogP contribution in [0.3, 0.4) is 0 Å². The van der Waals surface area contributed by atoms with Gasteiger partial charge in [-0.1, -0.05) is 39.0 Å². The van der Waals surface area contributed by atoms with Crippen molar-refractivity contribution in [3.05, 3.63) is 29.8 Å². The Labute approximate surface area is 144 Å². The van der Waals surface area contributed by atoms with Gasteiger partial charge in [0.2, 0.25) is 0 Å². The van der Waals surface area contributed by atoms with Gasteiger partial charge in [-0.15, -0.1) is 0 Å². The maximum Gasteiger partial charge on any atom is 0.313 e. The zero-order valence-corrected chi connectivity index (χ0v) is 14.8. The van der Waals surface area contributed by atoms with Crippen LogP contribution in [0, 0.1) is 0 Å². The number of anilines is 1. The summed E-state index contributed by atoms with van der Waals surface area (Å²) < 4.78 is 0. The minimum absolute atomic E-state index is 0.0307. The summed E-state index contributed by atoms with van der Waals surface area (Å²) in [5, 5.41) is 12.0. The summed E-state index contributed by atoms with van der Waals surface area (Å²) in [5.74, 6) is -1.10. The highest BCUT2D eigenvalue weighted by Crippen LogP contribution is 2.29. The summed E-state index contributed by atoms with van der Waals surface area (Å²) in [6, 6.07) is 7.54. The number of piperidine rings is 1. The van der Waals surface area contributed by atoms with Crippen molar-refractivity contribution < 1.29 is 14.7 Å². The van der Waals surface area contributed by atoms with Gasteiger partial charge in [-0.25, -0.2) is 0 Å². The lowest BCUT2D eigenvalue weighted by Crippen LogP contribution is -2.48. The van der Waals surface area contributed by atoms with Crippen LogP contribution in [0.15, 0.2) is 24.3 Å². The fraction of sp³-hybridized carbons (Fsp3) is 0.579. The molecule has 1 heterocycles. The SMILES string of the molecule is CC(C)(C)c1ccccc1NC(=O)C(=O)N1CCCCC1CCO. The molecule has 1 saturated heterocycles. The molecule has 132 valence electrons. The normalized spacial score (nSPS) is 18.3. The molecule has 5 heteroatoms. The number of carbonyl (C=O) groups excluding carboxylic acids is 2. The number of nitrogens with one attached hydrogen (secondary N) is 1. The molecule has 1 aliphatic heterocycles. The van der Waals surface area contributed by atoms with E-state index in [1.54, 1.807) is 4.90 Å². The zero-order valence-electron chi connectivity index (χ0n) is 14.8. The quantitative estimate of drug-likeness (QED) is 0.836. The van der Waals surface area contributed by atoms with Gasteiger partial charge in [-0.05, 0) is 42.7 Å². The number of nitrogens with zero attached hydrogens (tertiary/aromatic N) is 1. The number of aliphatic hydroxyl groups is 1. The van der Waals surface area contributed by atoms with E-state index in [-0.39, 0.29) is 18.1 Å². The third-order valence-corrected chi connectivity index (χ3v) is 4.53. The summed E-state index contributed by atoms with van der Waals surface area (Å²) in [6.45, 7) is 6.83. The van der Waals surface area contributed by atoms with Crippen LogP contribution in [-0.4, -0.2) is 41.0 Å². The molecule has 1 aromatic carbocycles. The van der Waals surface area contributed by atoms with Crippen molar-refractivity contribution >= 4 is 17.5 Å². The lowest BCUT2D eigenvalue weighted by Gasteiger charge is -2.35. The number of carbonyl (C=O) groups is 2. The van der Waals surface area contributed by atoms with E-state index in [1.807, 2.05) is 24.3 Å². The smallest absolute Gasteiger partial charge is 0.313 e. The molecule has 5 nitrogen and oxygen atoms in total. The first-order valence-corrected chi connectivity index (χ1v) is 8.67. The number of para-hydroxylation sites is 1. The predicted octanol–water partition coefficient (Wildman–Crippen LogP) is 2.69. The van der Waals surface area contributed by atoms with Crippen LogP contribution in [0.25, 0.3) is 0 Å². The second kappa shape index (κ2) is 7.79. The highest BCUT2D eigenvalue weighted by molar-refractivity contribution is 6.39. The molecule has 0 aromatic heterocycles. The van der Waals surface area contributed by atoms with Gasteiger partial charge in [0.1, 0.15) is 0 Å². The molecule has 0 bridgehead atoms. The molecule has 0 aliphatic carbocycles. The Morgan fingerprint density at radius 3 is 2.62 bits per heavy atom. The second-order valence-corrected chi connectivity index (χ2v) is 7.41. The van der Waals surface area contributed by atoms with Gasteiger partial charge in [0.25, 0.3) is 0 Å². The molecule has 1 aliphatic rings. The van der Waals surface area contributed by atoms with Gasteiger partial charge < -0.3 is 15.3 Å². The third kappa shape index (κ3) is 4.35. The van der Waals surface area contributed by atoms with Crippen LogP contribution >= 0.6 is 0 Å². The second-order valence-electron chi connectivity index (χ2n) is 7.41. The predicted molar refractivity (Wildman–Crippen MR) is 94.8 cm³/mol. The number of amides is 2. The molecule has 1 unspecified atom stereocenters. The third-order valence-electron chi connectivity index (χ3n) is 4.53. The maximum absolute atomic E-state index is 12.6. The number of benzene rings is 1. The lowest BCUT2D eigenvalue weighted by molar-refractivity contribution is -0.146. The van der Waals surface area contributed by atoms with Crippen LogP contribution < -0.4 is 5.32 Å². The minimum atomic E-state index is -0.600. The van der Waals surface area contributed by atoms with Gasteiger partial charge in [0.15, 0.2) is 0 Å². The molecule has 2 amide bonds. The van der Waals surface area contributed by atoms with Crippen molar-refractivity contribution in [2.24, 2.45) is 0 Å². The number of aliphatic hydroxyl groups excluding tert-OH is 1. The van der Waals surface area contributed by atoms with Gasteiger partial charge in [0, 0.05) is 24.9 Å². The standard InChI is InChI=1S/C19H28N2O3/c1-19(2,3)15-9-4-5-10-16(15)20-17(23)18(24)21-12-7-6-8-14(21)11-13-22/h4-5,9-10,14,22H,6-8,11-13H2,1-3H3,(H,20,23). The molecule has 1 fully saturated rings. The average Bonchev–Trinajstić information content (AvgIpc) is 2.54. The van der Waals surface area contributed by atoms with E-state index < -0.39 is 11.8 Å². The van der Waals surface area contributed by atoms with Crippen LogP contribution in [0.2, 0.25) is 0 Å². The van der Waals surface area contributed by atoms with Gasteiger partial charge in [-0.3, -0.25) is 9.59 Å². The Kier molecular flexibility index (Phi) is 5.99. The van der Waals surface area contributed by atoms with E-state index in [1.165, 1.54) is 0 Å². The van der Waals surface area contributed by atoms with E-state index in [2.05, 4.69) is 26.1 Å². The number of hydrogen-bond acceptors (Lipinski definition) is 3. The molecule has 2 rings (SSSR count). The lowest BCUT2D eigenvalue weighted by atomic mass is 9.86. The number of rotatable bonds is 3. The van der Waals surface area contributed by atoms with Gasteiger partial charge in [-0.2, -0.15) is 0 Å². The molecule has 0 saturated carbocycles. The monoisotopic (exact) mass is 332 g/mol. The van der Waals surface area contributed by atoms with Gasteiger partial charge >= 0.3 is 11.8 Å². The minimum Gasteiger partial charge on any atom is -0.396 e. The van der Waals surface area contributed by atoms with Crippen LogP contribution in [0.5, 0.6) is 0 Å². The molecule has 1 atom stereocenters. The summed E-state index contributed by atoms with van der Waals surface area (Å²) >= 11 is 0. The highest BCUT2D eigenvalue weighted by atomic mass is 16.3. The topological polar surface area (TPSA) is 69.6 Å². The first kappa shape index (κ1) is 18.5. The van der Waals surface area contributed by atoms with Crippen molar-refractivity contribution in [2.45, 2.75) is 57.9 Å². The number of hydrogen-bond donors (Lipinski definition) is 2. The Bertz CT molecular complexity index is 591. The van der Waals surface area contributed by atoms with E-state index >= 15 is 0 Å². The van der Waals surface area contributed by atoms with Crippen LogP contribution in [0.1, 0.15) is 52.0 Å². The molecule has 24 heavy (non-hydrogen) atoms. The van der Waals surface area contributed by atoms with Crippen molar-refractivity contribution in [1.29, 1.82) is 0 Å². The molecule has 0 radical (unpaired) electrons. The Morgan fingerprint density at radius 2 is 1.96 bits per heavy atom. The van der Waals surface area contributed by atoms with Crippen molar-refractivity contribution in [2.75, 3.05) is 18.5 Å². The fourth-order valence-corrected chi connectivity index (χ4v) is 3.27. The first-order chi connectivity index (χ1) is 11.3. The largest absolute Gasteiger partial charge is 0.396 e. The number of likely N-dealkylation sites (tertiary alicyclic amines) is 1. The highest BCUT2D eigenvalue weighted by Gasteiger charge is 2.31. The van der Waals surface area contributed by atoms with Crippen LogP contribution in [-0.2, 0) is 15.0 Å². The molecule has 1 aromatic rings. The summed E-state index contributed by atoms with van der Waals surface area (Å²) in [4.78, 5) is 26.7. The van der Waals surface area contributed by atoms with Crippen molar-refractivity contribution in [1.82, 2.24) is 4.90 Å². The van der Waals surface area contributed by atoms with E-state index in [9.17, 15) is 14.7 Å². The van der Waals surface area contributed by atoms with E-state index in [0.717, 1.165) is 24.8 Å². The van der Waals surface area contributed by atoms with E-state index in [4.69, 9.17) is 0 Å². The molecular weight excluding hydrogens is 304 g/mol. The Balaban J connectivity index is 2.13. The maximum atomic E-state index is 12.6. The molecule has 2 N–H and O–H groups in total. The average molecular weight is 332 g/mol. The first-order valence-electron chi connectivity index (χ1n) is 8.67. The molecule has 0 spiro atoms. The van der Waals surface area contributed by atoms with Crippen molar-refractivity contribution in [3.8, 4) is 0 Å². The van der Waals surface area contributed by atoms with Crippen LogP contribution in [0.4, 0.5) is 5.69 Å². The summed E-state index contributed by atoms with van der Waals surface area (Å²) in [6.07, 6.45) is 3.30. The Hall–Kier alpha value is -1.88. The summed E-state index contributed by atoms with van der Waals surface area (Å²) in [5.41, 5.74) is 1.55. The molecular formula is C19H28N2O3. The van der Waals surface area contributed by atoms with Gasteiger partial charge in [0.05, 0.1) is 0 Å². The Morgan fingerprint density at radius 1 is 1.25 bits per heavy atom. The zero-order chi connectivity index (χ0) is 17.7. The van der Waals surface area contributed by atoms with Crippen molar-refractivity contribution in [3.63, 3.8) is 0 Å².